The Morgan fingerprint density at radius 2 is 2.08 bits per heavy atom. The third-order valence-corrected chi connectivity index (χ3v) is 5.14. The van der Waals surface area contributed by atoms with E-state index in [1.54, 1.807) is 24.1 Å². The summed E-state index contributed by atoms with van der Waals surface area (Å²) in [5.41, 5.74) is 1.83. The van der Waals surface area contributed by atoms with E-state index in [1.165, 1.54) is 6.26 Å². The van der Waals surface area contributed by atoms with Crippen LogP contribution in [-0.4, -0.2) is 54.9 Å². The van der Waals surface area contributed by atoms with Crippen LogP contribution in [-0.2, 0) is 27.7 Å². The minimum Gasteiger partial charge on any atom is -0.385 e. The molecule has 0 aliphatic rings. The fourth-order valence-electron chi connectivity index (χ4n) is 2.66. The van der Waals surface area contributed by atoms with E-state index >= 15 is 0 Å². The van der Waals surface area contributed by atoms with Gasteiger partial charge in [-0.1, -0.05) is 6.07 Å². The molecule has 0 bridgehead atoms. The van der Waals surface area contributed by atoms with Crippen LogP contribution in [0.1, 0.15) is 30.8 Å². The monoisotopic (exact) mass is 366 g/mol. The number of pyridine rings is 1. The Morgan fingerprint density at radius 1 is 1.32 bits per heavy atom. The molecule has 0 spiro atoms. The number of methoxy groups -OCH3 is 1. The lowest BCUT2D eigenvalue weighted by atomic mass is 10.2. The lowest BCUT2D eigenvalue weighted by Gasteiger charge is -2.24. The molecule has 0 unspecified atom stereocenters. The minimum atomic E-state index is -3.38. The highest BCUT2D eigenvalue weighted by molar-refractivity contribution is 7.90. The predicted molar refractivity (Wildman–Crippen MR) is 95.9 cm³/mol. The van der Waals surface area contributed by atoms with E-state index in [0.717, 1.165) is 17.8 Å². The van der Waals surface area contributed by atoms with E-state index in [2.05, 4.69) is 21.8 Å². The van der Waals surface area contributed by atoms with Crippen molar-refractivity contribution in [3.05, 3.63) is 42.0 Å². The Morgan fingerprint density at radius 3 is 2.68 bits per heavy atom. The van der Waals surface area contributed by atoms with Crippen LogP contribution in [0.25, 0.3) is 0 Å². The third kappa shape index (κ3) is 5.10. The predicted octanol–water partition coefficient (Wildman–Crippen LogP) is 1.91. The van der Waals surface area contributed by atoms with E-state index < -0.39 is 9.84 Å². The quantitative estimate of drug-likeness (QED) is 0.631. The van der Waals surface area contributed by atoms with Crippen LogP contribution in [0.15, 0.2) is 35.7 Å². The maximum atomic E-state index is 12.0. The minimum absolute atomic E-state index is 0.102. The number of sulfone groups is 1. The molecule has 0 radical (unpaired) electrons. The van der Waals surface area contributed by atoms with Gasteiger partial charge in [0, 0.05) is 45.3 Å². The van der Waals surface area contributed by atoms with Crippen molar-refractivity contribution in [2.75, 3.05) is 27.0 Å². The maximum absolute atomic E-state index is 12.0. The number of aromatic nitrogens is 3. The van der Waals surface area contributed by atoms with E-state index in [9.17, 15) is 8.42 Å². The molecule has 0 aliphatic carbocycles. The van der Waals surface area contributed by atoms with Crippen molar-refractivity contribution in [2.45, 2.75) is 37.6 Å². The number of hydrogen-bond acceptors (Lipinski definition) is 6. The van der Waals surface area contributed by atoms with Crippen molar-refractivity contribution in [1.29, 1.82) is 0 Å². The van der Waals surface area contributed by atoms with Gasteiger partial charge in [-0.05, 0) is 32.5 Å². The molecule has 8 heteroatoms. The molecule has 0 aromatic carbocycles. The first kappa shape index (κ1) is 19.6. The zero-order valence-electron chi connectivity index (χ0n) is 15.2. The molecule has 25 heavy (non-hydrogen) atoms. The lowest BCUT2D eigenvalue weighted by molar-refractivity contribution is 0.187. The second kappa shape index (κ2) is 8.55. The molecule has 0 saturated heterocycles. The van der Waals surface area contributed by atoms with Crippen molar-refractivity contribution >= 4 is 9.84 Å². The second-order valence-corrected chi connectivity index (χ2v) is 8.06. The molecule has 1 atom stereocenters. The summed E-state index contributed by atoms with van der Waals surface area (Å²) in [7, 11) is 0.248. The lowest BCUT2D eigenvalue weighted by Crippen LogP contribution is -2.25. The molecule has 2 aromatic rings. The van der Waals surface area contributed by atoms with E-state index in [4.69, 9.17) is 4.74 Å². The molecular weight excluding hydrogens is 340 g/mol. The van der Waals surface area contributed by atoms with Gasteiger partial charge >= 0.3 is 0 Å². The highest BCUT2D eigenvalue weighted by Gasteiger charge is 2.21. The van der Waals surface area contributed by atoms with E-state index in [1.807, 2.05) is 25.2 Å². The Bertz CT molecular complexity index is 774. The SMILES string of the molecule is COCCCn1c(CN(C)[C@@H](C)c2ccccn2)cnc1S(C)(=O)=O. The number of ether oxygens (including phenoxy) is 1. The summed E-state index contributed by atoms with van der Waals surface area (Å²) >= 11 is 0. The first-order chi connectivity index (χ1) is 11.8. The second-order valence-electron chi connectivity index (χ2n) is 6.15. The summed E-state index contributed by atoms with van der Waals surface area (Å²) in [6, 6.07) is 5.94. The highest BCUT2D eigenvalue weighted by Crippen LogP contribution is 2.20. The topological polar surface area (TPSA) is 77.3 Å². The number of imidazole rings is 1. The van der Waals surface area contributed by atoms with Crippen LogP contribution in [0.4, 0.5) is 0 Å². The van der Waals surface area contributed by atoms with Gasteiger partial charge in [0.15, 0.2) is 0 Å². The van der Waals surface area contributed by atoms with Gasteiger partial charge in [-0.2, -0.15) is 0 Å². The third-order valence-electron chi connectivity index (χ3n) is 4.15. The van der Waals surface area contributed by atoms with Crippen molar-refractivity contribution < 1.29 is 13.2 Å². The molecule has 2 heterocycles. The first-order valence-corrected chi connectivity index (χ1v) is 10.1. The largest absolute Gasteiger partial charge is 0.385 e. The van der Waals surface area contributed by atoms with Gasteiger partial charge < -0.3 is 9.30 Å². The first-order valence-electron chi connectivity index (χ1n) is 8.19. The maximum Gasteiger partial charge on any atom is 0.227 e. The summed E-state index contributed by atoms with van der Waals surface area (Å²) in [6.07, 6.45) is 5.33. The van der Waals surface area contributed by atoms with Crippen molar-refractivity contribution in [3.8, 4) is 0 Å². The van der Waals surface area contributed by atoms with Gasteiger partial charge in [0.25, 0.3) is 0 Å². The zero-order chi connectivity index (χ0) is 18.4. The smallest absolute Gasteiger partial charge is 0.227 e. The molecule has 2 rings (SSSR count). The standard InChI is InChI=1S/C17H26N4O3S/c1-14(16-8-5-6-9-18-16)20(2)13-15-12-19-17(25(4,22)23)21(15)10-7-11-24-3/h5-6,8-9,12,14H,7,10-11,13H2,1-4H3/t14-/m0/s1. The van der Waals surface area contributed by atoms with Gasteiger partial charge in [-0.25, -0.2) is 13.4 Å². The molecular formula is C17H26N4O3S. The van der Waals surface area contributed by atoms with Crippen molar-refractivity contribution in [3.63, 3.8) is 0 Å². The van der Waals surface area contributed by atoms with Gasteiger partial charge in [0.05, 0.1) is 17.6 Å². The highest BCUT2D eigenvalue weighted by atomic mass is 32.2. The van der Waals surface area contributed by atoms with Crippen LogP contribution >= 0.6 is 0 Å². The number of rotatable bonds is 9. The van der Waals surface area contributed by atoms with Crippen molar-refractivity contribution in [1.82, 2.24) is 19.4 Å². The Hall–Kier alpha value is -1.77. The molecule has 0 N–H and O–H groups in total. The Labute approximate surface area is 149 Å². The number of nitrogens with zero attached hydrogens (tertiary/aromatic N) is 4. The van der Waals surface area contributed by atoms with E-state index in [-0.39, 0.29) is 11.2 Å². The van der Waals surface area contributed by atoms with Gasteiger partial charge in [0.1, 0.15) is 0 Å². The van der Waals surface area contributed by atoms with Crippen molar-refractivity contribution in [2.24, 2.45) is 0 Å². The Balaban J connectivity index is 2.21. The Kier molecular flexibility index (Phi) is 6.69. The van der Waals surface area contributed by atoms with Gasteiger partial charge in [0.2, 0.25) is 15.0 Å². The molecule has 0 fully saturated rings. The van der Waals surface area contributed by atoms with Crippen LogP contribution in [0.2, 0.25) is 0 Å². The molecule has 0 amide bonds. The summed E-state index contributed by atoms with van der Waals surface area (Å²) in [6.45, 7) is 3.77. The molecule has 138 valence electrons. The van der Waals surface area contributed by atoms with Crippen LogP contribution < -0.4 is 0 Å². The van der Waals surface area contributed by atoms with Crippen LogP contribution in [0, 0.1) is 0 Å². The van der Waals surface area contributed by atoms with Crippen LogP contribution in [0.3, 0.4) is 0 Å². The van der Waals surface area contributed by atoms with E-state index in [0.29, 0.717) is 19.7 Å². The molecule has 7 nitrogen and oxygen atoms in total. The summed E-state index contributed by atoms with van der Waals surface area (Å²) in [5, 5.41) is 0.109. The molecule has 0 aliphatic heterocycles. The number of hydrogen-bond donors (Lipinski definition) is 0. The summed E-state index contributed by atoms with van der Waals surface area (Å²) < 4.78 is 30.9. The molecule has 0 saturated carbocycles. The van der Waals surface area contributed by atoms with Gasteiger partial charge in [-0.3, -0.25) is 9.88 Å². The normalized spacial score (nSPS) is 13.3. The fourth-order valence-corrected chi connectivity index (χ4v) is 3.51. The summed E-state index contributed by atoms with van der Waals surface area (Å²) in [5.74, 6) is 0. The summed E-state index contributed by atoms with van der Waals surface area (Å²) in [4.78, 5) is 10.7. The average molecular weight is 366 g/mol. The van der Waals surface area contributed by atoms with Crippen LogP contribution in [0.5, 0.6) is 0 Å². The van der Waals surface area contributed by atoms with Gasteiger partial charge in [-0.15, -0.1) is 0 Å². The zero-order valence-corrected chi connectivity index (χ0v) is 16.0. The average Bonchev–Trinajstić information content (AvgIpc) is 2.98. The molecule has 2 aromatic heterocycles. The fraction of sp³-hybridized carbons (Fsp3) is 0.529.